The number of carbonyl (C=O) groups is 2. The van der Waals surface area contributed by atoms with E-state index in [-0.39, 0.29) is 11.3 Å². The molecule has 0 heterocycles. The number of esters is 1. The molecular formula is C12H14N2O6. The van der Waals surface area contributed by atoms with Crippen LogP contribution in [-0.2, 0) is 9.53 Å². The highest BCUT2D eigenvalue weighted by Gasteiger charge is 2.27. The molecule has 1 amide bonds. The lowest BCUT2D eigenvalue weighted by molar-refractivity contribution is -0.385. The Hall–Kier alpha value is -2.64. The third-order valence-electron chi connectivity index (χ3n) is 2.55. The third-order valence-corrected chi connectivity index (χ3v) is 2.55. The summed E-state index contributed by atoms with van der Waals surface area (Å²) in [4.78, 5) is 33.6. The zero-order valence-electron chi connectivity index (χ0n) is 11.2. The number of nitro benzene ring substituents is 1. The summed E-state index contributed by atoms with van der Waals surface area (Å²) in [5, 5.41) is 13.3. The molecule has 0 aliphatic heterocycles. The largest absolute Gasteiger partial charge is 0.496 e. The number of carbonyl (C=O) groups excluding carboxylic acids is 2. The number of amides is 1. The zero-order chi connectivity index (χ0) is 15.3. The van der Waals surface area contributed by atoms with Crippen molar-refractivity contribution in [2.24, 2.45) is 0 Å². The number of rotatable bonds is 5. The Morgan fingerprint density at radius 2 is 2.00 bits per heavy atom. The summed E-state index contributed by atoms with van der Waals surface area (Å²) >= 11 is 0. The second-order valence-corrected chi connectivity index (χ2v) is 3.83. The first-order chi connectivity index (χ1) is 9.42. The van der Waals surface area contributed by atoms with Crippen LogP contribution >= 0.6 is 0 Å². The molecule has 8 heteroatoms. The van der Waals surface area contributed by atoms with Crippen molar-refractivity contribution < 1.29 is 24.0 Å². The van der Waals surface area contributed by atoms with Crippen LogP contribution < -0.4 is 10.1 Å². The standard InChI is InChI=1S/C12H14N2O6/c1-7(12(16)20-3)13-11(15)10-8(14(17)18)5-4-6-9(10)19-2/h4-7H,1-3H3,(H,13,15). The molecule has 0 fully saturated rings. The van der Waals surface area contributed by atoms with Crippen molar-refractivity contribution >= 4 is 17.6 Å². The van der Waals surface area contributed by atoms with Gasteiger partial charge in [0.15, 0.2) is 5.56 Å². The number of nitro groups is 1. The summed E-state index contributed by atoms with van der Waals surface area (Å²) in [6, 6.07) is 3.07. The lowest BCUT2D eigenvalue weighted by atomic mass is 10.1. The lowest BCUT2D eigenvalue weighted by Crippen LogP contribution is -2.39. The molecule has 20 heavy (non-hydrogen) atoms. The van der Waals surface area contributed by atoms with Crippen LogP contribution in [-0.4, -0.2) is 37.1 Å². The van der Waals surface area contributed by atoms with Gasteiger partial charge in [-0.15, -0.1) is 0 Å². The molecule has 0 saturated heterocycles. The van der Waals surface area contributed by atoms with E-state index in [9.17, 15) is 19.7 Å². The van der Waals surface area contributed by atoms with E-state index >= 15 is 0 Å². The second-order valence-electron chi connectivity index (χ2n) is 3.83. The topological polar surface area (TPSA) is 108 Å². The average Bonchev–Trinajstić information content (AvgIpc) is 2.44. The van der Waals surface area contributed by atoms with Gasteiger partial charge in [0.25, 0.3) is 11.6 Å². The van der Waals surface area contributed by atoms with E-state index in [1.54, 1.807) is 0 Å². The molecule has 1 unspecified atom stereocenters. The minimum absolute atomic E-state index is 0.0498. The van der Waals surface area contributed by atoms with Gasteiger partial charge in [-0.05, 0) is 13.0 Å². The first-order valence-electron chi connectivity index (χ1n) is 5.62. The molecule has 1 aromatic carbocycles. The predicted octanol–water partition coefficient (Wildman–Crippen LogP) is 0.895. The molecule has 8 nitrogen and oxygen atoms in total. The van der Waals surface area contributed by atoms with E-state index in [0.717, 1.165) is 0 Å². The van der Waals surface area contributed by atoms with E-state index in [1.165, 1.54) is 39.3 Å². The molecule has 108 valence electrons. The van der Waals surface area contributed by atoms with Gasteiger partial charge in [-0.2, -0.15) is 0 Å². The van der Waals surface area contributed by atoms with Crippen molar-refractivity contribution in [2.45, 2.75) is 13.0 Å². The van der Waals surface area contributed by atoms with E-state index in [0.29, 0.717) is 0 Å². The molecule has 0 bridgehead atoms. The normalized spacial score (nSPS) is 11.3. The Balaban J connectivity index is 3.14. The van der Waals surface area contributed by atoms with E-state index in [4.69, 9.17) is 4.74 Å². The second kappa shape index (κ2) is 6.50. The minimum Gasteiger partial charge on any atom is -0.496 e. The van der Waals surface area contributed by atoms with Gasteiger partial charge in [-0.3, -0.25) is 14.9 Å². The maximum atomic E-state index is 12.1. The van der Waals surface area contributed by atoms with Crippen molar-refractivity contribution in [3.63, 3.8) is 0 Å². The number of hydrogen-bond acceptors (Lipinski definition) is 6. The number of nitrogens with one attached hydrogen (secondary N) is 1. The first kappa shape index (κ1) is 15.4. The predicted molar refractivity (Wildman–Crippen MR) is 68.6 cm³/mol. The molecule has 1 rings (SSSR count). The van der Waals surface area contributed by atoms with Crippen molar-refractivity contribution in [3.8, 4) is 5.75 Å². The van der Waals surface area contributed by atoms with Crippen LogP contribution in [0.15, 0.2) is 18.2 Å². The lowest BCUT2D eigenvalue weighted by Gasteiger charge is -2.13. The van der Waals surface area contributed by atoms with E-state index < -0.39 is 28.5 Å². The van der Waals surface area contributed by atoms with Gasteiger partial charge in [0.05, 0.1) is 19.1 Å². The first-order valence-corrected chi connectivity index (χ1v) is 5.62. The molecule has 0 aliphatic rings. The summed E-state index contributed by atoms with van der Waals surface area (Å²) in [6.07, 6.45) is 0. The van der Waals surface area contributed by atoms with E-state index in [2.05, 4.69) is 10.1 Å². The van der Waals surface area contributed by atoms with Gasteiger partial charge in [0, 0.05) is 6.07 Å². The van der Waals surface area contributed by atoms with Gasteiger partial charge in [0.2, 0.25) is 0 Å². The van der Waals surface area contributed by atoms with Crippen LogP contribution in [0.3, 0.4) is 0 Å². The molecule has 1 atom stereocenters. The van der Waals surface area contributed by atoms with Crippen LogP contribution in [0.1, 0.15) is 17.3 Å². The molecule has 0 aromatic heterocycles. The van der Waals surface area contributed by atoms with E-state index in [1.807, 2.05) is 0 Å². The van der Waals surface area contributed by atoms with Crippen LogP contribution in [0.2, 0.25) is 0 Å². The quantitative estimate of drug-likeness (QED) is 0.488. The summed E-state index contributed by atoms with van der Waals surface area (Å²) in [6.45, 7) is 1.41. The number of hydrogen-bond donors (Lipinski definition) is 1. The molecule has 0 saturated carbocycles. The van der Waals surface area contributed by atoms with Crippen LogP contribution in [0.5, 0.6) is 5.75 Å². The summed E-state index contributed by atoms with van der Waals surface area (Å²) in [5.74, 6) is -1.39. The number of nitrogens with zero attached hydrogens (tertiary/aromatic N) is 1. The fourth-order valence-corrected chi connectivity index (χ4v) is 1.57. The van der Waals surface area contributed by atoms with Crippen molar-refractivity contribution in [1.82, 2.24) is 5.32 Å². The summed E-state index contributed by atoms with van der Waals surface area (Å²) in [5.41, 5.74) is -0.644. The van der Waals surface area contributed by atoms with Gasteiger partial charge in [0.1, 0.15) is 11.8 Å². The SMILES string of the molecule is COC(=O)C(C)NC(=O)c1c(OC)cccc1[N+](=O)[O-]. The molecule has 1 N–H and O–H groups in total. The smallest absolute Gasteiger partial charge is 0.328 e. The zero-order valence-corrected chi connectivity index (χ0v) is 11.2. The van der Waals surface area contributed by atoms with Crippen LogP contribution in [0, 0.1) is 10.1 Å². The Morgan fingerprint density at radius 1 is 1.35 bits per heavy atom. The maximum Gasteiger partial charge on any atom is 0.328 e. The molecule has 0 spiro atoms. The molecular weight excluding hydrogens is 268 g/mol. The van der Waals surface area contributed by atoms with Gasteiger partial charge in [-0.25, -0.2) is 4.79 Å². The molecule has 0 radical (unpaired) electrons. The Kier molecular flexibility index (Phi) is 5.01. The monoisotopic (exact) mass is 282 g/mol. The highest BCUT2D eigenvalue weighted by Crippen LogP contribution is 2.27. The van der Waals surface area contributed by atoms with Crippen molar-refractivity contribution in [3.05, 3.63) is 33.9 Å². The third kappa shape index (κ3) is 3.22. The highest BCUT2D eigenvalue weighted by molar-refractivity contribution is 6.02. The molecule has 1 aromatic rings. The average molecular weight is 282 g/mol. The number of methoxy groups -OCH3 is 2. The van der Waals surface area contributed by atoms with Crippen molar-refractivity contribution in [2.75, 3.05) is 14.2 Å². The maximum absolute atomic E-state index is 12.1. The fraction of sp³-hybridized carbons (Fsp3) is 0.333. The summed E-state index contributed by atoms with van der Waals surface area (Å²) < 4.78 is 9.41. The molecule has 0 aliphatic carbocycles. The fourth-order valence-electron chi connectivity index (χ4n) is 1.57. The Morgan fingerprint density at radius 3 is 2.50 bits per heavy atom. The van der Waals surface area contributed by atoms with Crippen molar-refractivity contribution in [1.29, 1.82) is 0 Å². The van der Waals surface area contributed by atoms with Crippen LogP contribution in [0.25, 0.3) is 0 Å². The van der Waals surface area contributed by atoms with Gasteiger partial charge in [-0.1, -0.05) is 6.07 Å². The number of benzene rings is 1. The summed E-state index contributed by atoms with van der Waals surface area (Å²) in [7, 11) is 2.47. The Labute approximate surface area is 114 Å². The Bertz CT molecular complexity index is 543. The van der Waals surface area contributed by atoms with Gasteiger partial charge >= 0.3 is 5.97 Å². The minimum atomic E-state index is -0.933. The van der Waals surface area contributed by atoms with Crippen LogP contribution in [0.4, 0.5) is 5.69 Å². The highest BCUT2D eigenvalue weighted by atomic mass is 16.6. The number of ether oxygens (including phenoxy) is 2. The van der Waals surface area contributed by atoms with Gasteiger partial charge < -0.3 is 14.8 Å².